The summed E-state index contributed by atoms with van der Waals surface area (Å²) in [5.74, 6) is -0.485. The number of alkyl halides is 12. The maximum atomic E-state index is 14.2. The van der Waals surface area contributed by atoms with Crippen molar-refractivity contribution >= 4 is 37.1 Å². The van der Waals surface area contributed by atoms with E-state index in [-0.39, 0.29) is 24.2 Å². The molecule has 1 aliphatic carbocycles. The second-order valence-electron chi connectivity index (χ2n) is 13.9. The van der Waals surface area contributed by atoms with E-state index in [0.29, 0.717) is 37.1 Å². The quantitative estimate of drug-likeness (QED) is 0.129. The lowest BCUT2D eigenvalue weighted by Crippen LogP contribution is -2.34. The lowest BCUT2D eigenvalue weighted by Gasteiger charge is -2.38. The van der Waals surface area contributed by atoms with E-state index in [9.17, 15) is 52.7 Å². The highest BCUT2D eigenvalue weighted by Gasteiger charge is 2.45. The summed E-state index contributed by atoms with van der Waals surface area (Å²) in [6.07, 6.45) is -20.1. The zero-order valence-corrected chi connectivity index (χ0v) is 31.0. The van der Waals surface area contributed by atoms with E-state index in [0.717, 1.165) is 32.9 Å². The third-order valence-corrected chi connectivity index (χ3v) is 15.3. The van der Waals surface area contributed by atoms with E-state index < -0.39 is 85.0 Å². The first-order chi connectivity index (χ1) is 24.3. The zero-order chi connectivity index (χ0) is 39.4. The number of benzene rings is 4. The number of hydrogen-bond donors (Lipinski definition) is 0. The molecule has 4 aromatic rings. The fourth-order valence-electron chi connectivity index (χ4n) is 7.53. The van der Waals surface area contributed by atoms with Crippen molar-refractivity contribution in [2.24, 2.45) is 5.92 Å². The van der Waals surface area contributed by atoms with Crippen LogP contribution in [0.25, 0.3) is 0 Å². The van der Waals surface area contributed by atoms with Crippen molar-refractivity contribution in [3.05, 3.63) is 117 Å². The number of halogens is 12. The molecule has 0 amide bonds. The molecule has 0 radical (unpaired) electrons. The van der Waals surface area contributed by atoms with Crippen molar-refractivity contribution < 1.29 is 52.7 Å². The van der Waals surface area contributed by atoms with Crippen LogP contribution in [-0.4, -0.2) is 11.3 Å². The third kappa shape index (κ3) is 9.41. The summed E-state index contributed by atoms with van der Waals surface area (Å²) in [5, 5.41) is 0.755. The van der Waals surface area contributed by atoms with Crippen LogP contribution in [0, 0.1) is 33.6 Å². The molecule has 5 rings (SSSR count). The summed E-state index contributed by atoms with van der Waals surface area (Å²) in [6.45, 7) is 9.62. The highest BCUT2D eigenvalue weighted by Crippen LogP contribution is 2.58. The molecule has 4 aromatic carbocycles. The maximum Gasteiger partial charge on any atom is 0.416 e. The van der Waals surface area contributed by atoms with E-state index in [1.54, 1.807) is 0 Å². The van der Waals surface area contributed by atoms with Crippen LogP contribution in [0.1, 0.15) is 70.7 Å². The second-order valence-corrected chi connectivity index (χ2v) is 18.9. The highest BCUT2D eigenvalue weighted by molar-refractivity contribution is 7.74. The van der Waals surface area contributed by atoms with E-state index in [2.05, 4.69) is 0 Å². The minimum atomic E-state index is -5.29. The molecule has 2 unspecified atom stereocenters. The van der Waals surface area contributed by atoms with Crippen LogP contribution in [0.2, 0.25) is 0 Å². The average molecular weight is 795 g/mol. The van der Waals surface area contributed by atoms with Crippen molar-refractivity contribution in [2.45, 2.75) is 89.9 Å². The van der Waals surface area contributed by atoms with Gasteiger partial charge in [-0.25, -0.2) is 0 Å². The Hall–Kier alpha value is -3.10. The van der Waals surface area contributed by atoms with E-state index in [1.165, 1.54) is 0 Å². The molecule has 1 fully saturated rings. The van der Waals surface area contributed by atoms with Crippen molar-refractivity contribution in [3.8, 4) is 0 Å². The molecule has 0 aliphatic heterocycles. The Morgan fingerprint density at radius 1 is 0.453 bits per heavy atom. The van der Waals surface area contributed by atoms with Crippen LogP contribution in [0.5, 0.6) is 0 Å². The molecule has 286 valence electrons. The first-order valence-electron chi connectivity index (χ1n) is 16.7. The Morgan fingerprint density at radius 2 is 0.774 bits per heavy atom. The van der Waals surface area contributed by atoms with Gasteiger partial charge < -0.3 is 0 Å². The van der Waals surface area contributed by atoms with Crippen LogP contribution in [-0.2, 0) is 24.7 Å². The van der Waals surface area contributed by atoms with Gasteiger partial charge in [-0.1, -0.05) is 72.0 Å². The largest absolute Gasteiger partial charge is 0.416 e. The molecule has 53 heavy (non-hydrogen) atoms. The molecule has 0 bridgehead atoms. The third-order valence-electron chi connectivity index (χ3n) is 9.56. The molecule has 14 heteroatoms. The van der Waals surface area contributed by atoms with Gasteiger partial charge in [0.15, 0.2) is 0 Å². The minimum absolute atomic E-state index is 0.0849. The van der Waals surface area contributed by atoms with Crippen LogP contribution in [0.3, 0.4) is 0 Å². The monoisotopic (exact) mass is 794 g/mol. The Morgan fingerprint density at radius 3 is 1.08 bits per heavy atom. The van der Waals surface area contributed by atoms with Gasteiger partial charge in [0, 0.05) is 0 Å². The molecule has 0 nitrogen and oxygen atoms in total. The Labute approximate surface area is 302 Å². The topological polar surface area (TPSA) is 0 Å². The second kappa shape index (κ2) is 14.9. The Balaban J connectivity index is 1.80. The summed E-state index contributed by atoms with van der Waals surface area (Å²) in [6, 6.07) is 13.7. The molecule has 0 heterocycles. The summed E-state index contributed by atoms with van der Waals surface area (Å²) in [5.41, 5.74) is -4.09. The first kappa shape index (κ1) is 41.1. The summed E-state index contributed by atoms with van der Waals surface area (Å²) < 4.78 is 170. The molecule has 1 aliphatic rings. The fraction of sp³-hybridized carbons (Fsp3) is 0.385. The first-order valence-corrected chi connectivity index (χ1v) is 19.5. The molecule has 0 N–H and O–H groups in total. The molecule has 3 atom stereocenters. The molecule has 0 spiro atoms. The lowest BCUT2D eigenvalue weighted by atomic mass is 10.0. The number of rotatable bonds is 7. The predicted octanol–water partition coefficient (Wildman–Crippen LogP) is 12.1. The molecule has 1 saturated carbocycles. The number of aryl methyl sites for hydroxylation is 4. The molecule has 0 aromatic heterocycles. The van der Waals surface area contributed by atoms with E-state index >= 15 is 0 Å². The van der Waals surface area contributed by atoms with Crippen molar-refractivity contribution in [2.75, 3.05) is 0 Å². The van der Waals surface area contributed by atoms with Gasteiger partial charge in [0.05, 0.1) is 22.3 Å². The van der Waals surface area contributed by atoms with Gasteiger partial charge in [0.1, 0.15) is 0 Å². The summed E-state index contributed by atoms with van der Waals surface area (Å²) in [7, 11) is -3.94. The van der Waals surface area contributed by atoms with Gasteiger partial charge >= 0.3 is 24.7 Å². The average Bonchev–Trinajstić information content (AvgIpc) is 3.48. The minimum Gasteiger partial charge on any atom is -0.166 e. The lowest BCUT2D eigenvalue weighted by molar-refractivity contribution is -0.144. The Kier molecular flexibility index (Phi) is 11.5. The smallest absolute Gasteiger partial charge is 0.166 e. The molecule has 0 saturated heterocycles. The van der Waals surface area contributed by atoms with Gasteiger partial charge in [0.25, 0.3) is 0 Å². The van der Waals surface area contributed by atoms with Crippen LogP contribution < -0.4 is 21.2 Å². The molecular weight excluding hydrogens is 758 g/mol. The SMILES string of the molecule is Cc1cc(C)cc(P(c2cc(C)cc(C)c2)[C@H](C)C2CCCC2P(c2cc(C(F)(F)F)cc(C(F)(F)F)c2)c2cc(C(F)(F)F)cc(C(F)(F)F)c2)c1. The fourth-order valence-corrected chi connectivity index (χ4v) is 14.4. The molecular formula is C39H36F12P2. The summed E-state index contributed by atoms with van der Waals surface area (Å²) in [4.78, 5) is 0. The standard InChI is InChI=1S/C39H36F12P2/c1-21-9-22(2)12-30(11-21)52(31-13-23(3)10-24(4)14-31)25(5)34-7-6-8-35(34)53(32-17-26(36(40,41)42)15-27(18-32)37(43,44)45)33-19-28(38(46,47)48)16-29(20-33)39(49,50)51/h9-20,25,34-35H,6-8H2,1-5H3/t25-,34?,35?/m1/s1. The summed E-state index contributed by atoms with van der Waals surface area (Å²) >= 11 is 0. The van der Waals surface area contributed by atoms with Crippen molar-refractivity contribution in [3.63, 3.8) is 0 Å². The maximum absolute atomic E-state index is 14.2. The highest BCUT2D eigenvalue weighted by atomic mass is 31.1. The number of hydrogen-bond acceptors (Lipinski definition) is 0. The van der Waals surface area contributed by atoms with Gasteiger partial charge in [-0.3, -0.25) is 0 Å². The normalized spacial score (nSPS) is 17.9. The van der Waals surface area contributed by atoms with E-state index in [1.807, 2.05) is 71.0 Å². The Bertz CT molecular complexity index is 1720. The van der Waals surface area contributed by atoms with Gasteiger partial charge in [-0.2, -0.15) is 52.7 Å². The zero-order valence-electron chi connectivity index (χ0n) is 29.2. The van der Waals surface area contributed by atoms with Gasteiger partial charge in [0.2, 0.25) is 0 Å². The van der Waals surface area contributed by atoms with E-state index in [4.69, 9.17) is 0 Å². The van der Waals surface area contributed by atoms with Crippen molar-refractivity contribution in [1.29, 1.82) is 0 Å². The van der Waals surface area contributed by atoms with Crippen LogP contribution in [0.15, 0.2) is 72.8 Å². The van der Waals surface area contributed by atoms with Crippen LogP contribution >= 0.6 is 15.8 Å². The van der Waals surface area contributed by atoms with Gasteiger partial charge in [-0.05, 0) is 131 Å². The predicted molar refractivity (Wildman–Crippen MR) is 188 cm³/mol. The van der Waals surface area contributed by atoms with Crippen LogP contribution in [0.4, 0.5) is 52.7 Å². The van der Waals surface area contributed by atoms with Gasteiger partial charge in [-0.15, -0.1) is 0 Å². The van der Waals surface area contributed by atoms with Crippen molar-refractivity contribution in [1.82, 2.24) is 0 Å².